The van der Waals surface area contributed by atoms with Crippen molar-refractivity contribution in [3.05, 3.63) is 200 Å². The topological polar surface area (TPSA) is 141 Å². The normalized spacial score (nSPS) is 13.5. The lowest BCUT2D eigenvalue weighted by molar-refractivity contribution is 0.0222. The Morgan fingerprint density at radius 1 is 0.522 bits per heavy atom. The molecule has 2 aliphatic heterocycles. The highest BCUT2D eigenvalue weighted by Gasteiger charge is 2.55. The summed E-state index contributed by atoms with van der Waals surface area (Å²) in [5.41, 5.74) is 4.72. The maximum absolute atomic E-state index is 13.9. The standard InChI is InChI=1S/C52H50Cl2N8O5/c1-59(23-25-61(29-35-13-5-9-19-55-35)30-36-14-6-10-20-56-36)33-40-47(63)45(53)27-43-49(40)66-50-41(48(64)46(54)28-44(50)52(43)42-18-4-3-17-39(42)51(65)67-52)34-60(2)24-26-62(31-37-15-7-11-21-57-37)32-38-16-8-12-22-58-38/h3-22,27-28,63-64H,23-26,29-34H2,1-2H3. The van der Waals surface area contributed by atoms with Crippen LogP contribution in [0.2, 0.25) is 10.0 Å². The molecule has 7 aromatic rings. The maximum Gasteiger partial charge on any atom is 0.340 e. The van der Waals surface area contributed by atoms with E-state index in [4.69, 9.17) is 32.7 Å². The number of hydrogen-bond donors (Lipinski definition) is 2. The van der Waals surface area contributed by atoms with Crippen LogP contribution in [0.3, 0.4) is 0 Å². The summed E-state index contributed by atoms with van der Waals surface area (Å²) < 4.78 is 13.5. The second kappa shape index (κ2) is 20.2. The molecule has 3 aromatic carbocycles. The number of fused-ring (bicyclic) bond motifs is 6. The first-order chi connectivity index (χ1) is 32.6. The molecule has 0 fully saturated rings. The highest BCUT2D eigenvalue weighted by atomic mass is 35.5. The molecule has 6 heterocycles. The van der Waals surface area contributed by atoms with Crippen LogP contribution in [0, 0.1) is 0 Å². The van der Waals surface area contributed by atoms with E-state index in [0.29, 0.717) is 85.7 Å². The molecule has 0 radical (unpaired) electrons. The minimum atomic E-state index is -1.59. The van der Waals surface area contributed by atoms with Gasteiger partial charge in [-0.25, -0.2) is 4.79 Å². The summed E-state index contributed by atoms with van der Waals surface area (Å²) in [5, 5.41) is 23.9. The molecular formula is C52H50Cl2N8O5. The number of rotatable bonds is 18. The Bertz CT molecular complexity index is 2600. The average molecular weight is 938 g/mol. The molecule has 0 saturated heterocycles. The van der Waals surface area contributed by atoms with Gasteiger partial charge in [-0.05, 0) is 80.8 Å². The number of aromatic hydroxyl groups is 2. The first-order valence-electron chi connectivity index (χ1n) is 22.1. The van der Waals surface area contributed by atoms with Gasteiger partial charge in [0.15, 0.2) is 5.60 Å². The monoisotopic (exact) mass is 936 g/mol. The average Bonchev–Trinajstić information content (AvgIpc) is 3.64. The fraction of sp³-hybridized carbons (Fsp3) is 0.250. The van der Waals surface area contributed by atoms with Crippen molar-refractivity contribution in [1.29, 1.82) is 0 Å². The third-order valence-electron chi connectivity index (χ3n) is 12.2. The summed E-state index contributed by atoms with van der Waals surface area (Å²) in [6.07, 6.45) is 7.16. The van der Waals surface area contributed by atoms with Gasteiger partial charge in [-0.1, -0.05) is 65.7 Å². The molecule has 342 valence electrons. The van der Waals surface area contributed by atoms with Crippen LogP contribution < -0.4 is 4.74 Å². The van der Waals surface area contributed by atoms with Crippen LogP contribution in [0.25, 0.3) is 0 Å². The zero-order chi connectivity index (χ0) is 46.5. The van der Waals surface area contributed by atoms with Gasteiger partial charge >= 0.3 is 5.97 Å². The van der Waals surface area contributed by atoms with Crippen LogP contribution >= 0.6 is 23.2 Å². The SMILES string of the molecule is CN(CCN(Cc1ccccn1)Cc1ccccn1)Cc1c(O)c(Cl)cc2c1Oc1c(cc(Cl)c(O)c1CN(C)CCN(Cc1ccccn1)Cc1ccccn1)C21OC(=O)c2ccccc21. The van der Waals surface area contributed by atoms with Crippen LogP contribution in [0.1, 0.15) is 61.0 Å². The number of ether oxygens (including phenoxy) is 2. The van der Waals surface area contributed by atoms with Crippen molar-refractivity contribution in [2.75, 3.05) is 40.3 Å². The van der Waals surface area contributed by atoms with Crippen LogP contribution in [0.15, 0.2) is 134 Å². The van der Waals surface area contributed by atoms with E-state index < -0.39 is 11.6 Å². The van der Waals surface area contributed by atoms with Gasteiger partial charge in [-0.2, -0.15) is 0 Å². The number of hydrogen-bond acceptors (Lipinski definition) is 13. The Hall–Kier alpha value is -6.45. The summed E-state index contributed by atoms with van der Waals surface area (Å²) in [7, 11) is 3.92. The predicted molar refractivity (Wildman–Crippen MR) is 256 cm³/mol. The van der Waals surface area contributed by atoms with E-state index in [1.807, 2.05) is 99.0 Å². The molecule has 0 aliphatic carbocycles. The Labute approximate surface area is 399 Å². The van der Waals surface area contributed by atoms with Gasteiger partial charge in [-0.15, -0.1) is 0 Å². The zero-order valence-electron chi connectivity index (χ0n) is 37.2. The van der Waals surface area contributed by atoms with Gasteiger partial charge in [0.2, 0.25) is 0 Å². The molecule has 0 atom stereocenters. The molecular weight excluding hydrogens is 888 g/mol. The van der Waals surface area contributed by atoms with Gasteiger partial charge in [0, 0.05) is 107 Å². The quantitative estimate of drug-likeness (QED) is 0.0793. The molecule has 2 aliphatic rings. The number of phenols is 2. The minimum Gasteiger partial charge on any atom is -0.506 e. The molecule has 2 N–H and O–H groups in total. The van der Waals surface area contributed by atoms with E-state index in [-0.39, 0.29) is 46.1 Å². The number of pyridine rings is 4. The van der Waals surface area contributed by atoms with E-state index in [1.54, 1.807) is 49.1 Å². The van der Waals surface area contributed by atoms with Crippen molar-refractivity contribution in [2.45, 2.75) is 44.9 Å². The number of carbonyl (C=O) groups is 1. The smallest absolute Gasteiger partial charge is 0.340 e. The van der Waals surface area contributed by atoms with Crippen molar-refractivity contribution < 1.29 is 24.5 Å². The molecule has 13 nitrogen and oxygen atoms in total. The third kappa shape index (κ3) is 9.84. The number of nitrogens with zero attached hydrogens (tertiary/aromatic N) is 8. The fourth-order valence-corrected chi connectivity index (χ4v) is 9.34. The van der Waals surface area contributed by atoms with Crippen LogP contribution in [-0.2, 0) is 49.6 Å². The highest BCUT2D eigenvalue weighted by Crippen LogP contribution is 2.61. The summed E-state index contributed by atoms with van der Waals surface area (Å²) in [5.74, 6) is -0.332. The number of halogens is 2. The number of aromatic nitrogens is 4. The number of esters is 1. The molecule has 67 heavy (non-hydrogen) atoms. The fourth-order valence-electron chi connectivity index (χ4n) is 8.90. The number of benzene rings is 3. The number of carbonyl (C=O) groups excluding carboxylic acids is 1. The van der Waals surface area contributed by atoms with Crippen molar-refractivity contribution in [3.63, 3.8) is 0 Å². The van der Waals surface area contributed by atoms with Gasteiger partial charge in [-0.3, -0.25) is 29.7 Å². The van der Waals surface area contributed by atoms with E-state index in [1.165, 1.54) is 0 Å². The largest absolute Gasteiger partial charge is 0.506 e. The Morgan fingerprint density at radius 2 is 0.910 bits per heavy atom. The van der Waals surface area contributed by atoms with E-state index in [9.17, 15) is 15.0 Å². The number of phenolic OH excluding ortho intramolecular Hbond substituents is 2. The van der Waals surface area contributed by atoms with Crippen LogP contribution in [0.4, 0.5) is 0 Å². The summed E-state index contributed by atoms with van der Waals surface area (Å²) in [6, 6.07) is 33.9. The Balaban J connectivity index is 1.05. The lowest BCUT2D eigenvalue weighted by Crippen LogP contribution is -2.36. The lowest BCUT2D eigenvalue weighted by atomic mass is 9.76. The predicted octanol–water partition coefficient (Wildman–Crippen LogP) is 8.82. The van der Waals surface area contributed by atoms with E-state index in [0.717, 1.165) is 22.8 Å². The van der Waals surface area contributed by atoms with Crippen LogP contribution in [-0.4, -0.2) is 96.0 Å². The molecule has 1 spiro atoms. The second-order valence-corrected chi connectivity index (χ2v) is 17.8. The molecule has 0 saturated carbocycles. The molecule has 4 aromatic heterocycles. The number of likely N-dealkylation sites (N-methyl/N-ethyl adjacent to an activating group) is 2. The molecule has 0 unspecified atom stereocenters. The minimum absolute atomic E-state index is 0.0618. The molecule has 0 bridgehead atoms. The van der Waals surface area contributed by atoms with E-state index >= 15 is 0 Å². The van der Waals surface area contributed by atoms with Crippen LogP contribution in [0.5, 0.6) is 23.0 Å². The summed E-state index contributed by atoms with van der Waals surface area (Å²) in [6.45, 7) is 5.23. The van der Waals surface area contributed by atoms with Crippen molar-refractivity contribution in [3.8, 4) is 23.0 Å². The third-order valence-corrected chi connectivity index (χ3v) is 12.8. The Morgan fingerprint density at radius 3 is 1.30 bits per heavy atom. The second-order valence-electron chi connectivity index (χ2n) is 17.0. The first kappa shape index (κ1) is 45.7. The van der Waals surface area contributed by atoms with Gasteiger partial charge in [0.25, 0.3) is 0 Å². The lowest BCUT2D eigenvalue weighted by Gasteiger charge is -2.39. The highest BCUT2D eigenvalue weighted by molar-refractivity contribution is 6.33. The zero-order valence-corrected chi connectivity index (χ0v) is 38.7. The van der Waals surface area contributed by atoms with Crippen molar-refractivity contribution in [2.24, 2.45) is 0 Å². The van der Waals surface area contributed by atoms with Gasteiger partial charge in [0.05, 0.1) is 49.5 Å². The molecule has 9 rings (SSSR count). The van der Waals surface area contributed by atoms with Crippen molar-refractivity contribution >= 4 is 29.2 Å². The summed E-state index contributed by atoms with van der Waals surface area (Å²) >= 11 is 13.9. The Kier molecular flexibility index (Phi) is 13.8. The summed E-state index contributed by atoms with van der Waals surface area (Å²) in [4.78, 5) is 40.9. The van der Waals surface area contributed by atoms with Gasteiger partial charge < -0.3 is 29.5 Å². The molecule has 0 amide bonds. The maximum atomic E-state index is 13.9. The first-order valence-corrected chi connectivity index (χ1v) is 22.8. The van der Waals surface area contributed by atoms with Gasteiger partial charge in [0.1, 0.15) is 23.0 Å². The molecule has 15 heteroatoms. The van der Waals surface area contributed by atoms with Crippen molar-refractivity contribution in [1.82, 2.24) is 39.5 Å². The van der Waals surface area contributed by atoms with E-state index in [2.05, 4.69) is 39.5 Å².